The third-order valence-electron chi connectivity index (χ3n) is 3.06. The molecule has 4 heteroatoms. The lowest BCUT2D eigenvalue weighted by Crippen LogP contribution is -2.40. The van der Waals surface area contributed by atoms with Crippen molar-refractivity contribution in [2.45, 2.75) is 25.4 Å². The fraction of sp³-hybridized carbons (Fsp3) is 0.727. The van der Waals surface area contributed by atoms with Crippen molar-refractivity contribution in [3.05, 3.63) is 18.0 Å². The van der Waals surface area contributed by atoms with Crippen molar-refractivity contribution in [1.82, 2.24) is 20.0 Å². The van der Waals surface area contributed by atoms with Gasteiger partial charge < -0.3 is 10.2 Å². The summed E-state index contributed by atoms with van der Waals surface area (Å²) in [5, 5.41) is 7.92. The fourth-order valence-corrected chi connectivity index (χ4v) is 2.02. The average molecular weight is 208 g/mol. The van der Waals surface area contributed by atoms with Gasteiger partial charge in [0.15, 0.2) is 0 Å². The summed E-state index contributed by atoms with van der Waals surface area (Å²) in [6, 6.07) is 2.74. The molecule has 0 atom stereocenters. The summed E-state index contributed by atoms with van der Waals surface area (Å²) in [6.45, 7) is 3.31. The lowest BCUT2D eigenvalue weighted by molar-refractivity contribution is 0.233. The van der Waals surface area contributed by atoms with Crippen LogP contribution in [0.4, 0.5) is 0 Å². The Bertz CT molecular complexity index is 299. The Hall–Kier alpha value is -0.870. The molecule has 4 nitrogen and oxygen atoms in total. The van der Waals surface area contributed by atoms with Gasteiger partial charge in [0.1, 0.15) is 0 Å². The quantitative estimate of drug-likeness (QED) is 0.790. The van der Waals surface area contributed by atoms with Gasteiger partial charge in [0.25, 0.3) is 0 Å². The molecule has 0 aromatic carbocycles. The Labute approximate surface area is 91.3 Å². The Morgan fingerprint density at radius 3 is 2.73 bits per heavy atom. The van der Waals surface area contributed by atoms with Crippen molar-refractivity contribution in [1.29, 1.82) is 0 Å². The molecular formula is C11H20N4. The summed E-state index contributed by atoms with van der Waals surface area (Å²) >= 11 is 0. The van der Waals surface area contributed by atoms with Gasteiger partial charge in [-0.1, -0.05) is 0 Å². The minimum Gasteiger partial charge on any atom is -0.308 e. The van der Waals surface area contributed by atoms with E-state index in [9.17, 15) is 0 Å². The molecule has 1 aliphatic heterocycles. The van der Waals surface area contributed by atoms with Crippen molar-refractivity contribution in [2.24, 2.45) is 7.05 Å². The molecule has 1 aromatic heterocycles. The van der Waals surface area contributed by atoms with Crippen molar-refractivity contribution in [3.8, 4) is 0 Å². The number of nitrogens with zero attached hydrogens (tertiary/aromatic N) is 3. The standard InChI is InChI=1S/C11H20N4/c1-14-6-3-10(4-7-14)12-9-11-5-8-15(2)13-11/h5,8,10,12H,3-4,6-7,9H2,1-2H3. The van der Waals surface area contributed by atoms with E-state index in [-0.39, 0.29) is 0 Å². The van der Waals surface area contributed by atoms with Crippen LogP contribution in [-0.2, 0) is 13.6 Å². The zero-order valence-corrected chi connectivity index (χ0v) is 9.61. The maximum Gasteiger partial charge on any atom is 0.0762 e. The van der Waals surface area contributed by atoms with Crippen molar-refractivity contribution < 1.29 is 0 Å². The highest BCUT2D eigenvalue weighted by Crippen LogP contribution is 2.08. The lowest BCUT2D eigenvalue weighted by atomic mass is 10.1. The number of likely N-dealkylation sites (tertiary alicyclic amines) is 1. The van der Waals surface area contributed by atoms with Gasteiger partial charge in [-0.2, -0.15) is 5.10 Å². The molecule has 1 aromatic rings. The summed E-state index contributed by atoms with van der Waals surface area (Å²) in [7, 11) is 4.15. The predicted octanol–water partition coefficient (Wildman–Crippen LogP) is 0.604. The molecule has 0 bridgehead atoms. The van der Waals surface area contributed by atoms with Gasteiger partial charge in [-0.3, -0.25) is 4.68 Å². The van der Waals surface area contributed by atoms with E-state index in [2.05, 4.69) is 28.4 Å². The number of hydrogen-bond donors (Lipinski definition) is 1. The van der Waals surface area contributed by atoms with E-state index >= 15 is 0 Å². The van der Waals surface area contributed by atoms with Crippen LogP contribution in [0.2, 0.25) is 0 Å². The summed E-state index contributed by atoms with van der Waals surface area (Å²) in [6.07, 6.45) is 4.50. The molecular weight excluding hydrogens is 188 g/mol. The molecule has 1 saturated heterocycles. The first-order valence-corrected chi connectivity index (χ1v) is 5.64. The second-order valence-corrected chi connectivity index (χ2v) is 4.44. The van der Waals surface area contributed by atoms with Crippen LogP contribution >= 0.6 is 0 Å². The highest BCUT2D eigenvalue weighted by Gasteiger charge is 2.15. The minimum absolute atomic E-state index is 0.670. The van der Waals surface area contributed by atoms with Gasteiger partial charge in [0, 0.05) is 25.8 Å². The molecule has 1 aliphatic rings. The van der Waals surface area contributed by atoms with Crippen molar-refractivity contribution in [2.75, 3.05) is 20.1 Å². The molecule has 0 unspecified atom stereocenters. The Morgan fingerprint density at radius 1 is 1.40 bits per heavy atom. The van der Waals surface area contributed by atoms with Crippen molar-refractivity contribution in [3.63, 3.8) is 0 Å². The van der Waals surface area contributed by atoms with Crippen LogP contribution in [0.1, 0.15) is 18.5 Å². The van der Waals surface area contributed by atoms with Crippen LogP contribution in [0.15, 0.2) is 12.3 Å². The fourth-order valence-electron chi connectivity index (χ4n) is 2.02. The maximum atomic E-state index is 4.35. The first-order chi connectivity index (χ1) is 7.24. The number of piperidine rings is 1. The number of aryl methyl sites for hydroxylation is 1. The van der Waals surface area contributed by atoms with Gasteiger partial charge >= 0.3 is 0 Å². The highest BCUT2D eigenvalue weighted by atomic mass is 15.3. The predicted molar refractivity (Wildman–Crippen MR) is 60.6 cm³/mol. The molecule has 2 rings (SSSR count). The van der Waals surface area contributed by atoms with Crippen LogP contribution in [0.25, 0.3) is 0 Å². The molecule has 0 aliphatic carbocycles. The molecule has 0 radical (unpaired) electrons. The summed E-state index contributed by atoms with van der Waals surface area (Å²) in [5.41, 5.74) is 1.14. The van der Waals surface area contributed by atoms with Gasteiger partial charge in [-0.25, -0.2) is 0 Å². The number of rotatable bonds is 3. The maximum absolute atomic E-state index is 4.35. The molecule has 15 heavy (non-hydrogen) atoms. The Morgan fingerprint density at radius 2 is 2.13 bits per heavy atom. The van der Waals surface area contributed by atoms with Crippen LogP contribution in [0.3, 0.4) is 0 Å². The van der Waals surface area contributed by atoms with E-state index in [1.807, 2.05) is 17.9 Å². The first kappa shape index (κ1) is 10.6. The SMILES string of the molecule is CN1CCC(NCc2ccn(C)n2)CC1. The number of aromatic nitrogens is 2. The van der Waals surface area contributed by atoms with E-state index in [1.165, 1.54) is 25.9 Å². The Balaban J connectivity index is 1.74. The monoisotopic (exact) mass is 208 g/mol. The lowest BCUT2D eigenvalue weighted by Gasteiger charge is -2.29. The van der Waals surface area contributed by atoms with Gasteiger partial charge in [0.2, 0.25) is 0 Å². The third-order valence-corrected chi connectivity index (χ3v) is 3.06. The number of nitrogens with one attached hydrogen (secondary N) is 1. The second-order valence-electron chi connectivity index (χ2n) is 4.44. The van der Waals surface area contributed by atoms with Gasteiger partial charge in [-0.05, 0) is 39.0 Å². The molecule has 0 spiro atoms. The van der Waals surface area contributed by atoms with E-state index < -0.39 is 0 Å². The van der Waals surface area contributed by atoms with Gasteiger partial charge in [-0.15, -0.1) is 0 Å². The molecule has 2 heterocycles. The zero-order chi connectivity index (χ0) is 10.7. The number of hydrogen-bond acceptors (Lipinski definition) is 3. The zero-order valence-electron chi connectivity index (χ0n) is 9.61. The van der Waals surface area contributed by atoms with E-state index in [0.29, 0.717) is 6.04 Å². The van der Waals surface area contributed by atoms with Crippen LogP contribution in [-0.4, -0.2) is 40.9 Å². The Kier molecular flexibility index (Phi) is 3.38. The van der Waals surface area contributed by atoms with Crippen molar-refractivity contribution >= 4 is 0 Å². The molecule has 0 amide bonds. The summed E-state index contributed by atoms with van der Waals surface area (Å²) in [5.74, 6) is 0. The normalized spacial score (nSPS) is 19.6. The molecule has 1 fully saturated rings. The van der Waals surface area contributed by atoms with Crippen LogP contribution in [0.5, 0.6) is 0 Å². The molecule has 1 N–H and O–H groups in total. The molecule has 84 valence electrons. The average Bonchev–Trinajstić information content (AvgIpc) is 2.64. The second kappa shape index (κ2) is 4.77. The summed E-state index contributed by atoms with van der Waals surface area (Å²) in [4.78, 5) is 2.39. The topological polar surface area (TPSA) is 33.1 Å². The van der Waals surface area contributed by atoms with Crippen LogP contribution in [0, 0.1) is 0 Å². The van der Waals surface area contributed by atoms with E-state index in [0.717, 1.165) is 12.2 Å². The van der Waals surface area contributed by atoms with Crippen LogP contribution < -0.4 is 5.32 Å². The van der Waals surface area contributed by atoms with E-state index in [1.54, 1.807) is 0 Å². The van der Waals surface area contributed by atoms with Gasteiger partial charge in [0.05, 0.1) is 5.69 Å². The highest BCUT2D eigenvalue weighted by molar-refractivity contribution is 4.98. The first-order valence-electron chi connectivity index (χ1n) is 5.64. The minimum atomic E-state index is 0.670. The smallest absolute Gasteiger partial charge is 0.0762 e. The molecule has 0 saturated carbocycles. The largest absolute Gasteiger partial charge is 0.308 e. The third kappa shape index (κ3) is 3.04. The summed E-state index contributed by atoms with van der Waals surface area (Å²) < 4.78 is 1.85. The van der Waals surface area contributed by atoms with E-state index in [4.69, 9.17) is 0 Å².